The Morgan fingerprint density at radius 1 is 1.29 bits per heavy atom. The molecule has 0 saturated carbocycles. The average molecular weight is 316 g/mol. The van der Waals surface area contributed by atoms with Crippen LogP contribution in [0, 0.1) is 0 Å². The molecule has 0 heterocycles. The lowest BCUT2D eigenvalue weighted by atomic mass is 10.1. The Bertz CT molecular complexity index is 546. The van der Waals surface area contributed by atoms with Gasteiger partial charge in [-0.15, -0.1) is 0 Å². The van der Waals surface area contributed by atoms with Gasteiger partial charge in [0.05, 0.1) is 18.6 Å². The van der Waals surface area contributed by atoms with Crippen molar-refractivity contribution >= 4 is 10.0 Å². The van der Waals surface area contributed by atoms with Crippen molar-refractivity contribution in [2.45, 2.75) is 18.2 Å². The first-order chi connectivity index (χ1) is 10.0. The normalized spacial score (nSPS) is 11.9. The number of nitrogens with zero attached hydrogens (tertiary/aromatic N) is 1. The molecule has 0 fully saturated rings. The molecule has 2 N–H and O–H groups in total. The molecule has 1 aromatic carbocycles. The van der Waals surface area contributed by atoms with Gasteiger partial charge >= 0.3 is 0 Å². The molecule has 0 aliphatic rings. The van der Waals surface area contributed by atoms with Gasteiger partial charge in [0.25, 0.3) is 0 Å². The standard InChI is InChI=1S/C14H24N2O4S/c1-4-16(9-10-19-2)21(17,18)14-6-5-13(20-3)11-12(14)7-8-15/h5-6,11H,4,7-10,15H2,1-3H3. The first kappa shape index (κ1) is 17.9. The van der Waals surface area contributed by atoms with E-state index in [2.05, 4.69) is 0 Å². The lowest BCUT2D eigenvalue weighted by Crippen LogP contribution is -2.34. The van der Waals surface area contributed by atoms with Crippen molar-refractivity contribution < 1.29 is 17.9 Å². The van der Waals surface area contributed by atoms with Gasteiger partial charge in [-0.05, 0) is 36.7 Å². The second kappa shape index (κ2) is 8.33. The van der Waals surface area contributed by atoms with Crippen LogP contribution < -0.4 is 10.5 Å². The minimum absolute atomic E-state index is 0.284. The number of likely N-dealkylation sites (N-methyl/N-ethyl adjacent to an activating group) is 1. The Labute approximate surface area is 126 Å². The zero-order chi connectivity index (χ0) is 15.9. The van der Waals surface area contributed by atoms with E-state index in [4.69, 9.17) is 15.2 Å². The highest BCUT2D eigenvalue weighted by atomic mass is 32.2. The second-order valence-electron chi connectivity index (χ2n) is 4.50. The van der Waals surface area contributed by atoms with E-state index >= 15 is 0 Å². The van der Waals surface area contributed by atoms with Gasteiger partial charge in [0, 0.05) is 20.2 Å². The lowest BCUT2D eigenvalue weighted by molar-refractivity contribution is 0.180. The van der Waals surface area contributed by atoms with Gasteiger partial charge < -0.3 is 15.2 Å². The summed E-state index contributed by atoms with van der Waals surface area (Å²) in [5.74, 6) is 0.623. The molecule has 7 heteroatoms. The Balaban J connectivity index is 3.22. The number of nitrogens with two attached hydrogens (primary N) is 1. The molecule has 1 aromatic rings. The summed E-state index contributed by atoms with van der Waals surface area (Å²) in [5, 5.41) is 0. The van der Waals surface area contributed by atoms with E-state index in [0.717, 1.165) is 0 Å². The molecule has 0 radical (unpaired) electrons. The first-order valence-electron chi connectivity index (χ1n) is 6.87. The number of hydrogen-bond acceptors (Lipinski definition) is 5. The Kier molecular flexibility index (Phi) is 7.10. The minimum atomic E-state index is -3.56. The molecule has 0 bridgehead atoms. The van der Waals surface area contributed by atoms with Gasteiger partial charge in [-0.1, -0.05) is 6.92 Å². The molecule has 0 atom stereocenters. The topological polar surface area (TPSA) is 81.9 Å². The largest absolute Gasteiger partial charge is 0.497 e. The Morgan fingerprint density at radius 3 is 2.52 bits per heavy atom. The van der Waals surface area contributed by atoms with Crippen LogP contribution in [0.25, 0.3) is 0 Å². The third kappa shape index (κ3) is 4.41. The van der Waals surface area contributed by atoms with Crippen molar-refractivity contribution in [3.63, 3.8) is 0 Å². The van der Waals surface area contributed by atoms with E-state index in [1.807, 2.05) is 0 Å². The van der Waals surface area contributed by atoms with Crippen molar-refractivity contribution in [2.24, 2.45) is 5.73 Å². The van der Waals surface area contributed by atoms with Crippen LogP contribution >= 0.6 is 0 Å². The average Bonchev–Trinajstić information content (AvgIpc) is 2.47. The van der Waals surface area contributed by atoms with Crippen LogP contribution in [0.5, 0.6) is 5.75 Å². The maximum atomic E-state index is 12.8. The molecule has 0 spiro atoms. The van der Waals surface area contributed by atoms with Gasteiger partial charge in [-0.25, -0.2) is 8.42 Å². The molecule has 120 valence electrons. The maximum absolute atomic E-state index is 12.8. The van der Waals surface area contributed by atoms with Crippen LogP contribution in [0.3, 0.4) is 0 Å². The van der Waals surface area contributed by atoms with Gasteiger partial charge in [0.2, 0.25) is 10.0 Å². The number of methoxy groups -OCH3 is 2. The predicted octanol–water partition coefficient (Wildman–Crippen LogP) is 0.853. The molecular formula is C14H24N2O4S. The molecule has 0 unspecified atom stereocenters. The van der Waals surface area contributed by atoms with Crippen molar-refractivity contribution in [1.82, 2.24) is 4.31 Å². The maximum Gasteiger partial charge on any atom is 0.243 e. The fraction of sp³-hybridized carbons (Fsp3) is 0.571. The number of sulfonamides is 1. The highest BCUT2D eigenvalue weighted by Crippen LogP contribution is 2.25. The zero-order valence-corrected chi connectivity index (χ0v) is 13.6. The lowest BCUT2D eigenvalue weighted by Gasteiger charge is -2.22. The summed E-state index contributed by atoms with van der Waals surface area (Å²) < 4.78 is 37.0. The molecule has 1 rings (SSSR count). The van der Waals surface area contributed by atoms with Gasteiger partial charge in [-0.3, -0.25) is 0 Å². The summed E-state index contributed by atoms with van der Waals surface area (Å²) >= 11 is 0. The molecule has 0 saturated heterocycles. The first-order valence-corrected chi connectivity index (χ1v) is 8.31. The van der Waals surface area contributed by atoms with Crippen molar-refractivity contribution in [3.8, 4) is 5.75 Å². The highest BCUT2D eigenvalue weighted by Gasteiger charge is 2.25. The molecule has 0 amide bonds. The van der Waals surface area contributed by atoms with Gasteiger partial charge in [0.1, 0.15) is 5.75 Å². The molecule has 0 aliphatic heterocycles. The number of rotatable bonds is 9. The fourth-order valence-electron chi connectivity index (χ4n) is 2.07. The Morgan fingerprint density at radius 2 is 2.00 bits per heavy atom. The van der Waals surface area contributed by atoms with Crippen molar-refractivity contribution in [2.75, 3.05) is 40.5 Å². The third-order valence-electron chi connectivity index (χ3n) is 3.20. The summed E-state index contributed by atoms with van der Waals surface area (Å²) in [6.07, 6.45) is 0.480. The summed E-state index contributed by atoms with van der Waals surface area (Å²) in [6.45, 7) is 3.25. The Hall–Kier alpha value is -1.15. The van der Waals surface area contributed by atoms with E-state index < -0.39 is 10.0 Å². The predicted molar refractivity (Wildman–Crippen MR) is 82.1 cm³/mol. The van der Waals surface area contributed by atoms with E-state index in [-0.39, 0.29) is 4.90 Å². The van der Waals surface area contributed by atoms with E-state index in [1.54, 1.807) is 39.3 Å². The molecule has 0 aliphatic carbocycles. The van der Waals surface area contributed by atoms with E-state index in [0.29, 0.717) is 44.0 Å². The molecule has 6 nitrogen and oxygen atoms in total. The fourth-order valence-corrected chi connectivity index (χ4v) is 3.73. The quantitative estimate of drug-likeness (QED) is 0.730. The molecule has 0 aromatic heterocycles. The van der Waals surface area contributed by atoms with Crippen LogP contribution in [0.1, 0.15) is 12.5 Å². The van der Waals surface area contributed by atoms with Crippen LogP contribution in [0.15, 0.2) is 23.1 Å². The van der Waals surface area contributed by atoms with E-state index in [1.165, 1.54) is 4.31 Å². The summed E-state index contributed by atoms with van der Waals surface area (Å²) in [5.41, 5.74) is 6.26. The van der Waals surface area contributed by atoms with Crippen LogP contribution in [-0.4, -0.2) is 53.2 Å². The van der Waals surface area contributed by atoms with Gasteiger partial charge in [0.15, 0.2) is 0 Å². The molecule has 21 heavy (non-hydrogen) atoms. The molecular weight excluding hydrogens is 292 g/mol. The van der Waals surface area contributed by atoms with Crippen molar-refractivity contribution in [3.05, 3.63) is 23.8 Å². The third-order valence-corrected chi connectivity index (χ3v) is 5.27. The second-order valence-corrected chi connectivity index (χ2v) is 6.41. The van der Waals surface area contributed by atoms with Crippen LogP contribution in [-0.2, 0) is 21.2 Å². The summed E-state index contributed by atoms with van der Waals surface area (Å²) in [7, 11) is -0.461. The van der Waals surface area contributed by atoms with Crippen LogP contribution in [0.2, 0.25) is 0 Å². The summed E-state index contributed by atoms with van der Waals surface area (Å²) in [6, 6.07) is 4.95. The van der Waals surface area contributed by atoms with Gasteiger partial charge in [-0.2, -0.15) is 4.31 Å². The monoisotopic (exact) mass is 316 g/mol. The number of ether oxygens (including phenoxy) is 2. The number of hydrogen-bond donors (Lipinski definition) is 1. The van der Waals surface area contributed by atoms with Crippen molar-refractivity contribution in [1.29, 1.82) is 0 Å². The van der Waals surface area contributed by atoms with Crippen LogP contribution in [0.4, 0.5) is 0 Å². The minimum Gasteiger partial charge on any atom is -0.497 e. The summed E-state index contributed by atoms with van der Waals surface area (Å²) in [4.78, 5) is 0.284. The number of benzene rings is 1. The smallest absolute Gasteiger partial charge is 0.243 e. The van der Waals surface area contributed by atoms with E-state index in [9.17, 15) is 8.42 Å². The highest BCUT2D eigenvalue weighted by molar-refractivity contribution is 7.89. The SMILES string of the molecule is CCN(CCOC)S(=O)(=O)c1ccc(OC)cc1CCN. The zero-order valence-electron chi connectivity index (χ0n) is 12.8.